The van der Waals surface area contributed by atoms with Gasteiger partial charge in [-0.05, 0) is 42.5 Å². The van der Waals surface area contributed by atoms with Crippen molar-refractivity contribution in [1.82, 2.24) is 5.14 Å². The Balaban J connectivity index is 2.29. The molecule has 0 atom stereocenters. The molecular weight excluding hydrogens is 293 g/mol. The maximum absolute atomic E-state index is 13.6. The molecule has 0 spiro atoms. The molecule has 0 aliphatic carbocycles. The van der Waals surface area contributed by atoms with Crippen LogP contribution in [0.2, 0.25) is 5.02 Å². The van der Waals surface area contributed by atoms with E-state index in [2.05, 4.69) is 0 Å². The smallest absolute Gasteiger partial charge is 0.254 e. The third-order valence-corrected chi connectivity index (χ3v) is 3.38. The summed E-state index contributed by atoms with van der Waals surface area (Å²) in [5.41, 5.74) is 0. The molecule has 2 rings (SSSR count). The Morgan fingerprint density at radius 1 is 1.11 bits per heavy atom. The molecule has 2 aromatic carbocycles. The molecule has 0 aliphatic rings. The Labute approximate surface area is 114 Å². The van der Waals surface area contributed by atoms with Gasteiger partial charge in [0.2, 0.25) is 0 Å². The van der Waals surface area contributed by atoms with Gasteiger partial charge in [0, 0.05) is 5.02 Å². The lowest BCUT2D eigenvalue weighted by Crippen LogP contribution is -2.01. The van der Waals surface area contributed by atoms with Crippen LogP contribution in [-0.4, -0.2) is 8.42 Å². The summed E-state index contributed by atoms with van der Waals surface area (Å²) in [4.78, 5) is -0.423. The number of sulfonamides is 1. The Morgan fingerprint density at radius 2 is 1.74 bits per heavy atom. The molecule has 0 bridgehead atoms. The molecule has 1 N–H and O–H groups in total. The van der Waals surface area contributed by atoms with Crippen LogP contribution in [-0.2, 0) is 10.0 Å². The fraction of sp³-hybridized carbons (Fsp3) is 0. The van der Waals surface area contributed by atoms with Gasteiger partial charge in [-0.2, -0.15) is 0 Å². The zero-order valence-corrected chi connectivity index (χ0v) is 11.0. The second-order valence-corrected chi connectivity index (χ2v) is 5.57. The van der Waals surface area contributed by atoms with E-state index in [0.29, 0.717) is 10.8 Å². The highest BCUT2D eigenvalue weighted by Gasteiger charge is 2.13. The number of hydrogen-bond donors (Lipinski definition) is 0. The van der Waals surface area contributed by atoms with Crippen molar-refractivity contribution in [3.8, 4) is 11.5 Å². The van der Waals surface area contributed by atoms with Crippen molar-refractivity contribution in [2.75, 3.05) is 0 Å². The number of rotatable bonds is 3. The van der Waals surface area contributed by atoms with E-state index in [0.717, 1.165) is 18.2 Å². The van der Waals surface area contributed by atoms with Crippen molar-refractivity contribution < 1.29 is 17.5 Å². The number of hydrogen-bond acceptors (Lipinski definition) is 3. The highest BCUT2D eigenvalue weighted by atomic mass is 35.5. The lowest BCUT2D eigenvalue weighted by Gasteiger charge is -2.07. The third kappa shape index (κ3) is 3.44. The normalized spacial score (nSPS) is 11.3. The molecule has 4 nitrogen and oxygen atoms in total. The zero-order valence-electron chi connectivity index (χ0n) is 9.43. The first-order valence-electron chi connectivity index (χ1n) is 5.09. The van der Waals surface area contributed by atoms with Crippen molar-refractivity contribution in [2.24, 2.45) is 0 Å². The van der Waals surface area contributed by atoms with E-state index in [9.17, 15) is 12.8 Å². The van der Waals surface area contributed by atoms with E-state index in [1.807, 2.05) is 0 Å². The highest BCUT2D eigenvalue weighted by Crippen LogP contribution is 2.27. The van der Waals surface area contributed by atoms with Crippen molar-refractivity contribution in [3.05, 3.63) is 53.3 Å². The summed E-state index contributed by atoms with van der Waals surface area (Å²) in [5, 5.41) is 7.35. The van der Waals surface area contributed by atoms with Gasteiger partial charge < -0.3 is 4.74 Å². The van der Waals surface area contributed by atoms with Gasteiger partial charge >= 0.3 is 0 Å². The van der Waals surface area contributed by atoms with Crippen LogP contribution in [0.15, 0.2) is 47.4 Å². The molecule has 0 heterocycles. The lowest BCUT2D eigenvalue weighted by molar-refractivity contribution is 0.441. The molecule has 0 saturated carbocycles. The van der Waals surface area contributed by atoms with E-state index in [1.54, 1.807) is 24.3 Å². The van der Waals surface area contributed by atoms with Crippen molar-refractivity contribution in [1.29, 1.82) is 0 Å². The van der Waals surface area contributed by atoms with Gasteiger partial charge in [0.25, 0.3) is 10.0 Å². The molecule has 0 unspecified atom stereocenters. The van der Waals surface area contributed by atoms with E-state index < -0.39 is 20.7 Å². The van der Waals surface area contributed by atoms with Gasteiger partial charge in [-0.1, -0.05) is 11.6 Å². The first-order valence-corrected chi connectivity index (χ1v) is 6.95. The SMILES string of the molecule is [NH]S(=O)(=O)c1ccc(Oc2ccc(Cl)cc2)c(F)c1. The van der Waals surface area contributed by atoms with E-state index in [1.165, 1.54) is 0 Å². The Hall–Kier alpha value is -1.63. The highest BCUT2D eigenvalue weighted by molar-refractivity contribution is 7.88. The number of halogens is 2. The van der Waals surface area contributed by atoms with Crippen molar-refractivity contribution in [3.63, 3.8) is 0 Å². The van der Waals surface area contributed by atoms with Gasteiger partial charge in [-0.25, -0.2) is 12.8 Å². The third-order valence-electron chi connectivity index (χ3n) is 2.26. The second-order valence-electron chi connectivity index (χ2n) is 3.65. The minimum atomic E-state index is -4.18. The summed E-state index contributed by atoms with van der Waals surface area (Å²) in [5.74, 6) is -0.622. The zero-order chi connectivity index (χ0) is 14.0. The summed E-state index contributed by atoms with van der Waals surface area (Å²) in [6.45, 7) is 0. The molecule has 0 saturated heterocycles. The maximum Gasteiger partial charge on any atom is 0.254 e. The predicted octanol–water partition coefficient (Wildman–Crippen LogP) is 3.24. The monoisotopic (exact) mass is 300 g/mol. The first-order chi connectivity index (χ1) is 8.86. The average molecular weight is 301 g/mol. The van der Waals surface area contributed by atoms with E-state index >= 15 is 0 Å². The summed E-state index contributed by atoms with van der Waals surface area (Å²) >= 11 is 5.70. The Bertz CT molecular complexity index is 701. The van der Waals surface area contributed by atoms with Crippen molar-refractivity contribution in [2.45, 2.75) is 4.90 Å². The van der Waals surface area contributed by atoms with Gasteiger partial charge in [-0.3, -0.25) is 0 Å². The minimum Gasteiger partial charge on any atom is -0.454 e. The molecule has 99 valence electrons. The summed E-state index contributed by atoms with van der Waals surface area (Å²) in [6, 6.07) is 9.28. The van der Waals surface area contributed by atoms with Gasteiger partial charge in [-0.15, -0.1) is 5.14 Å². The van der Waals surface area contributed by atoms with Crippen LogP contribution in [0.1, 0.15) is 0 Å². The van der Waals surface area contributed by atoms with Crippen LogP contribution in [0.4, 0.5) is 4.39 Å². The average Bonchev–Trinajstić information content (AvgIpc) is 2.33. The standard InChI is InChI=1S/C12H8ClFNO3S/c13-8-1-3-9(4-2-8)18-12-6-5-10(7-11(12)14)19(15,16)17/h1-7,15H. The number of benzene rings is 2. The molecule has 1 radical (unpaired) electrons. The number of nitrogens with one attached hydrogen (secondary N) is 1. The van der Waals surface area contributed by atoms with Gasteiger partial charge in [0.1, 0.15) is 5.75 Å². The van der Waals surface area contributed by atoms with E-state index in [4.69, 9.17) is 21.5 Å². The predicted molar refractivity (Wildman–Crippen MR) is 68.2 cm³/mol. The lowest BCUT2D eigenvalue weighted by atomic mass is 10.3. The molecule has 7 heteroatoms. The summed E-state index contributed by atoms with van der Waals surface area (Å²) in [7, 11) is -4.18. The van der Waals surface area contributed by atoms with Crippen LogP contribution in [0.25, 0.3) is 0 Å². The van der Waals surface area contributed by atoms with Gasteiger partial charge in [0.05, 0.1) is 4.90 Å². The van der Waals surface area contributed by atoms with Crippen LogP contribution in [0.5, 0.6) is 11.5 Å². The minimum absolute atomic E-state index is 0.130. The Kier molecular flexibility index (Phi) is 3.75. The molecule has 19 heavy (non-hydrogen) atoms. The molecule has 0 fully saturated rings. The van der Waals surface area contributed by atoms with Crippen molar-refractivity contribution >= 4 is 21.6 Å². The van der Waals surface area contributed by atoms with Crippen LogP contribution < -0.4 is 9.88 Å². The molecule has 0 aliphatic heterocycles. The molecule has 0 aromatic heterocycles. The quantitative estimate of drug-likeness (QED) is 0.874. The maximum atomic E-state index is 13.6. The topological polar surface area (TPSA) is 67.2 Å². The molecule has 0 amide bonds. The largest absolute Gasteiger partial charge is 0.454 e. The fourth-order valence-corrected chi connectivity index (χ4v) is 1.99. The first kappa shape index (κ1) is 13.8. The van der Waals surface area contributed by atoms with Gasteiger partial charge in [0.15, 0.2) is 11.6 Å². The Morgan fingerprint density at radius 3 is 2.26 bits per heavy atom. The summed E-state index contributed by atoms with van der Waals surface area (Å²) < 4.78 is 40.8. The fourth-order valence-electron chi connectivity index (χ4n) is 1.36. The summed E-state index contributed by atoms with van der Waals surface area (Å²) in [6.07, 6.45) is 0. The van der Waals surface area contributed by atoms with E-state index in [-0.39, 0.29) is 5.75 Å². The van der Waals surface area contributed by atoms with Crippen LogP contribution in [0, 0.1) is 5.82 Å². The molecule has 2 aromatic rings. The molecular formula is C12H8ClFNO3S. The van der Waals surface area contributed by atoms with Crippen LogP contribution >= 0.6 is 11.6 Å². The second kappa shape index (κ2) is 5.16. The number of ether oxygens (including phenoxy) is 1. The van der Waals surface area contributed by atoms with Crippen LogP contribution in [0.3, 0.4) is 0 Å².